The van der Waals surface area contributed by atoms with Crippen LogP contribution in [0.4, 0.5) is 0 Å². The summed E-state index contributed by atoms with van der Waals surface area (Å²) in [6.45, 7) is 7.65. The summed E-state index contributed by atoms with van der Waals surface area (Å²) in [4.78, 5) is 4.57. The molecule has 0 aromatic carbocycles. The molecule has 2 rings (SSSR count). The zero-order valence-electron chi connectivity index (χ0n) is 10.8. The summed E-state index contributed by atoms with van der Waals surface area (Å²) in [5.41, 5.74) is 1.88. The molecule has 0 amide bonds. The normalized spacial score (nSPS) is 11.4. The Hall–Kier alpha value is -0.910. The van der Waals surface area contributed by atoms with Gasteiger partial charge in [0.2, 0.25) is 0 Å². The van der Waals surface area contributed by atoms with E-state index in [1.54, 1.807) is 11.3 Å². The fourth-order valence-electron chi connectivity index (χ4n) is 1.53. The maximum Gasteiger partial charge on any atom is 0.107 e. The SMILES string of the molecule is Cc1nn(Cc2csc(CNC(C)C)n2)cc1Cl. The van der Waals surface area contributed by atoms with Gasteiger partial charge in [0.25, 0.3) is 0 Å². The fourth-order valence-corrected chi connectivity index (χ4v) is 2.42. The highest BCUT2D eigenvalue weighted by atomic mass is 35.5. The highest BCUT2D eigenvalue weighted by Crippen LogP contribution is 2.15. The number of rotatable bonds is 5. The van der Waals surface area contributed by atoms with Crippen LogP contribution in [0.15, 0.2) is 11.6 Å². The Balaban J connectivity index is 1.98. The standard InChI is InChI=1S/C12H17ClN4S/c1-8(2)14-4-12-15-10(7-18-12)5-17-6-11(13)9(3)16-17/h6-8,14H,4-5H2,1-3H3. The minimum atomic E-state index is 0.477. The first kappa shape index (κ1) is 13.5. The largest absolute Gasteiger partial charge is 0.308 e. The number of halogens is 1. The molecule has 2 aromatic rings. The highest BCUT2D eigenvalue weighted by Gasteiger charge is 2.06. The van der Waals surface area contributed by atoms with Gasteiger partial charge in [-0.2, -0.15) is 5.10 Å². The van der Waals surface area contributed by atoms with Gasteiger partial charge >= 0.3 is 0 Å². The quantitative estimate of drug-likeness (QED) is 0.918. The molecule has 1 N–H and O–H groups in total. The third-order valence-electron chi connectivity index (χ3n) is 2.47. The minimum Gasteiger partial charge on any atom is -0.308 e. The number of hydrogen-bond acceptors (Lipinski definition) is 4. The minimum absolute atomic E-state index is 0.477. The topological polar surface area (TPSA) is 42.7 Å². The third-order valence-corrected chi connectivity index (χ3v) is 3.74. The second-order valence-electron chi connectivity index (χ2n) is 4.53. The first-order valence-electron chi connectivity index (χ1n) is 5.91. The van der Waals surface area contributed by atoms with Crippen molar-refractivity contribution in [2.75, 3.05) is 0 Å². The summed E-state index contributed by atoms with van der Waals surface area (Å²) < 4.78 is 1.83. The van der Waals surface area contributed by atoms with Crippen LogP contribution in [0.5, 0.6) is 0 Å². The van der Waals surface area contributed by atoms with E-state index in [-0.39, 0.29) is 0 Å². The molecule has 0 aliphatic heterocycles. The molecule has 0 saturated heterocycles. The lowest BCUT2D eigenvalue weighted by molar-refractivity contribution is 0.584. The molecule has 0 fully saturated rings. The van der Waals surface area contributed by atoms with Crippen molar-refractivity contribution in [3.8, 4) is 0 Å². The van der Waals surface area contributed by atoms with Gasteiger partial charge in [-0.15, -0.1) is 11.3 Å². The monoisotopic (exact) mass is 284 g/mol. The molecule has 4 nitrogen and oxygen atoms in total. The molecule has 2 aromatic heterocycles. The lowest BCUT2D eigenvalue weighted by Gasteiger charge is -2.04. The summed E-state index contributed by atoms with van der Waals surface area (Å²) in [5.74, 6) is 0. The lowest BCUT2D eigenvalue weighted by atomic mass is 10.4. The van der Waals surface area contributed by atoms with E-state index in [9.17, 15) is 0 Å². The van der Waals surface area contributed by atoms with Crippen molar-refractivity contribution in [2.45, 2.75) is 39.9 Å². The van der Waals surface area contributed by atoms with Gasteiger partial charge in [0, 0.05) is 24.2 Å². The van der Waals surface area contributed by atoms with Crippen LogP contribution in [-0.4, -0.2) is 20.8 Å². The molecule has 2 heterocycles. The summed E-state index contributed by atoms with van der Waals surface area (Å²) in [7, 11) is 0. The first-order valence-corrected chi connectivity index (χ1v) is 7.16. The Morgan fingerprint density at radius 1 is 1.50 bits per heavy atom. The van der Waals surface area contributed by atoms with E-state index in [4.69, 9.17) is 11.6 Å². The van der Waals surface area contributed by atoms with E-state index in [0.29, 0.717) is 17.6 Å². The second-order valence-corrected chi connectivity index (χ2v) is 5.88. The molecular weight excluding hydrogens is 268 g/mol. The molecule has 0 unspecified atom stereocenters. The predicted octanol–water partition coefficient (Wildman–Crippen LogP) is 2.85. The van der Waals surface area contributed by atoms with Gasteiger partial charge < -0.3 is 5.32 Å². The fraction of sp³-hybridized carbons (Fsp3) is 0.500. The van der Waals surface area contributed by atoms with E-state index in [2.05, 4.69) is 34.6 Å². The van der Waals surface area contributed by atoms with Crippen molar-refractivity contribution in [3.05, 3.63) is 33.0 Å². The van der Waals surface area contributed by atoms with Gasteiger partial charge in [-0.3, -0.25) is 4.68 Å². The van der Waals surface area contributed by atoms with Crippen LogP contribution >= 0.6 is 22.9 Å². The van der Waals surface area contributed by atoms with Crippen molar-refractivity contribution in [1.29, 1.82) is 0 Å². The Bertz CT molecular complexity index is 498. The molecule has 0 bridgehead atoms. The van der Waals surface area contributed by atoms with Crippen LogP contribution < -0.4 is 5.32 Å². The van der Waals surface area contributed by atoms with Gasteiger partial charge in [0.15, 0.2) is 0 Å². The van der Waals surface area contributed by atoms with Gasteiger partial charge in [-0.05, 0) is 6.92 Å². The van der Waals surface area contributed by atoms with Crippen LogP contribution in [0.3, 0.4) is 0 Å². The Kier molecular flexibility index (Phi) is 4.37. The average Bonchev–Trinajstić information content (AvgIpc) is 2.85. The molecule has 18 heavy (non-hydrogen) atoms. The van der Waals surface area contributed by atoms with Crippen LogP contribution in [0, 0.1) is 6.92 Å². The number of thiazole rings is 1. The predicted molar refractivity (Wildman–Crippen MR) is 75.2 cm³/mol. The first-order chi connectivity index (χ1) is 8.54. The molecular formula is C12H17ClN4S. The zero-order valence-corrected chi connectivity index (χ0v) is 12.3. The maximum atomic E-state index is 5.97. The van der Waals surface area contributed by atoms with Crippen molar-refractivity contribution >= 4 is 22.9 Å². The maximum absolute atomic E-state index is 5.97. The Morgan fingerprint density at radius 2 is 2.28 bits per heavy atom. The molecule has 0 saturated carbocycles. The highest BCUT2D eigenvalue weighted by molar-refractivity contribution is 7.09. The van der Waals surface area contributed by atoms with E-state index in [1.165, 1.54) is 0 Å². The summed E-state index contributed by atoms with van der Waals surface area (Å²) in [6, 6.07) is 0.477. The molecule has 0 atom stereocenters. The van der Waals surface area contributed by atoms with E-state index in [1.807, 2.05) is 17.8 Å². The number of nitrogens with zero attached hydrogens (tertiary/aromatic N) is 3. The van der Waals surface area contributed by atoms with Gasteiger partial charge in [-0.1, -0.05) is 25.4 Å². The van der Waals surface area contributed by atoms with E-state index >= 15 is 0 Å². The van der Waals surface area contributed by atoms with Gasteiger partial charge in [0.05, 0.1) is 23.0 Å². The average molecular weight is 285 g/mol. The van der Waals surface area contributed by atoms with Crippen molar-refractivity contribution in [3.63, 3.8) is 0 Å². The number of hydrogen-bond donors (Lipinski definition) is 1. The van der Waals surface area contributed by atoms with Gasteiger partial charge in [-0.25, -0.2) is 4.98 Å². The Labute approximate surface area is 116 Å². The van der Waals surface area contributed by atoms with Crippen LogP contribution in [-0.2, 0) is 13.1 Å². The molecule has 98 valence electrons. The van der Waals surface area contributed by atoms with Crippen LogP contribution in [0.2, 0.25) is 5.02 Å². The molecule has 0 spiro atoms. The van der Waals surface area contributed by atoms with Crippen LogP contribution in [0.25, 0.3) is 0 Å². The van der Waals surface area contributed by atoms with Crippen molar-refractivity contribution < 1.29 is 0 Å². The van der Waals surface area contributed by atoms with Crippen molar-refractivity contribution in [1.82, 2.24) is 20.1 Å². The zero-order chi connectivity index (χ0) is 13.1. The summed E-state index contributed by atoms with van der Waals surface area (Å²) in [6.07, 6.45) is 1.84. The summed E-state index contributed by atoms with van der Waals surface area (Å²) >= 11 is 7.65. The van der Waals surface area contributed by atoms with Gasteiger partial charge in [0.1, 0.15) is 5.01 Å². The number of aryl methyl sites for hydroxylation is 1. The lowest BCUT2D eigenvalue weighted by Crippen LogP contribution is -2.21. The summed E-state index contributed by atoms with van der Waals surface area (Å²) in [5, 5.41) is 11.6. The molecule has 0 aliphatic carbocycles. The molecule has 6 heteroatoms. The number of nitrogens with one attached hydrogen (secondary N) is 1. The van der Waals surface area contributed by atoms with E-state index < -0.39 is 0 Å². The Morgan fingerprint density at radius 3 is 2.89 bits per heavy atom. The van der Waals surface area contributed by atoms with E-state index in [0.717, 1.165) is 22.9 Å². The smallest absolute Gasteiger partial charge is 0.107 e. The van der Waals surface area contributed by atoms with Crippen LogP contribution in [0.1, 0.15) is 30.2 Å². The number of aromatic nitrogens is 3. The second kappa shape index (κ2) is 5.82. The molecule has 0 aliphatic rings. The molecule has 0 radical (unpaired) electrons. The van der Waals surface area contributed by atoms with Crippen molar-refractivity contribution in [2.24, 2.45) is 0 Å². The third kappa shape index (κ3) is 3.54.